The molecule has 0 aliphatic heterocycles. The van der Waals surface area contributed by atoms with Crippen LogP contribution < -0.4 is 4.74 Å². The third-order valence-electron chi connectivity index (χ3n) is 1.80. The van der Waals surface area contributed by atoms with Crippen LogP contribution in [0.2, 0.25) is 0 Å². The molecule has 1 atom stereocenters. The minimum atomic E-state index is -0.580. The lowest BCUT2D eigenvalue weighted by atomic mass is 10.3. The first-order valence-corrected chi connectivity index (χ1v) is 4.75. The van der Waals surface area contributed by atoms with E-state index in [-0.39, 0.29) is 5.75 Å². The van der Waals surface area contributed by atoms with Crippen LogP contribution in [-0.2, 0) is 9.53 Å². The fourth-order valence-corrected chi connectivity index (χ4v) is 1.03. The predicted molar refractivity (Wildman–Crippen MR) is 54.8 cm³/mol. The molecule has 4 nitrogen and oxygen atoms in total. The predicted octanol–water partition coefficient (Wildman–Crippen LogP) is 1.72. The molecule has 1 aromatic carbocycles. The van der Waals surface area contributed by atoms with Crippen molar-refractivity contribution >= 4 is 5.97 Å². The minimum absolute atomic E-state index is 0.132. The Kier molecular flexibility index (Phi) is 4.12. The second-order valence-electron chi connectivity index (χ2n) is 3.01. The van der Waals surface area contributed by atoms with Gasteiger partial charge in [0.25, 0.3) is 0 Å². The third-order valence-corrected chi connectivity index (χ3v) is 1.80. The van der Waals surface area contributed by atoms with Gasteiger partial charge in [0, 0.05) is 6.61 Å². The van der Waals surface area contributed by atoms with Gasteiger partial charge in [-0.25, -0.2) is 4.79 Å². The number of benzene rings is 1. The number of rotatable bonds is 4. The summed E-state index contributed by atoms with van der Waals surface area (Å²) < 4.78 is 10.1. The molecule has 82 valence electrons. The lowest BCUT2D eigenvalue weighted by molar-refractivity contribution is -0.145. The molecule has 1 aromatic rings. The highest BCUT2D eigenvalue weighted by Gasteiger charge is 2.14. The average molecular weight is 210 g/mol. The molecule has 0 heterocycles. The SMILES string of the molecule is CCO[C@@H](C)C(=O)Oc1ccc(O)cc1. The van der Waals surface area contributed by atoms with Gasteiger partial charge in [-0.3, -0.25) is 0 Å². The summed E-state index contributed by atoms with van der Waals surface area (Å²) in [4.78, 5) is 11.4. The number of esters is 1. The maximum absolute atomic E-state index is 11.4. The Morgan fingerprint density at radius 1 is 1.40 bits per heavy atom. The Morgan fingerprint density at radius 3 is 2.53 bits per heavy atom. The topological polar surface area (TPSA) is 55.8 Å². The number of ether oxygens (including phenoxy) is 2. The van der Waals surface area contributed by atoms with E-state index in [0.717, 1.165) is 0 Å². The summed E-state index contributed by atoms with van der Waals surface area (Å²) in [5.41, 5.74) is 0. The highest BCUT2D eigenvalue weighted by Crippen LogP contribution is 2.16. The highest BCUT2D eigenvalue weighted by atomic mass is 16.6. The van der Waals surface area contributed by atoms with E-state index in [1.807, 2.05) is 6.92 Å². The molecular weight excluding hydrogens is 196 g/mol. The van der Waals surface area contributed by atoms with Crippen molar-refractivity contribution in [1.29, 1.82) is 0 Å². The van der Waals surface area contributed by atoms with E-state index in [4.69, 9.17) is 14.6 Å². The fraction of sp³-hybridized carbons (Fsp3) is 0.364. The Morgan fingerprint density at radius 2 is 2.00 bits per heavy atom. The van der Waals surface area contributed by atoms with Gasteiger partial charge in [-0.15, -0.1) is 0 Å². The quantitative estimate of drug-likeness (QED) is 0.607. The summed E-state index contributed by atoms with van der Waals surface area (Å²) in [5, 5.41) is 9.02. The number of aromatic hydroxyl groups is 1. The standard InChI is InChI=1S/C11H14O4/c1-3-14-8(2)11(13)15-10-6-4-9(12)5-7-10/h4-8,12H,3H2,1-2H3/t8-/m0/s1. The summed E-state index contributed by atoms with van der Waals surface area (Å²) >= 11 is 0. The smallest absolute Gasteiger partial charge is 0.340 e. The second-order valence-corrected chi connectivity index (χ2v) is 3.01. The molecule has 0 spiro atoms. The molecule has 0 aliphatic rings. The molecule has 0 fully saturated rings. The van der Waals surface area contributed by atoms with Gasteiger partial charge in [-0.1, -0.05) is 0 Å². The van der Waals surface area contributed by atoms with Crippen molar-refractivity contribution in [2.75, 3.05) is 6.61 Å². The molecule has 0 saturated carbocycles. The van der Waals surface area contributed by atoms with E-state index in [0.29, 0.717) is 12.4 Å². The molecule has 0 aliphatic carbocycles. The van der Waals surface area contributed by atoms with Gasteiger partial charge in [0.05, 0.1) is 0 Å². The van der Waals surface area contributed by atoms with Crippen molar-refractivity contribution in [3.05, 3.63) is 24.3 Å². The highest BCUT2D eigenvalue weighted by molar-refractivity contribution is 5.76. The van der Waals surface area contributed by atoms with Crippen LogP contribution in [0.1, 0.15) is 13.8 Å². The summed E-state index contributed by atoms with van der Waals surface area (Å²) in [7, 11) is 0. The molecule has 0 radical (unpaired) electrons. The first kappa shape index (κ1) is 11.5. The monoisotopic (exact) mass is 210 g/mol. The summed E-state index contributed by atoms with van der Waals surface area (Å²) in [6.07, 6.45) is -0.580. The van der Waals surface area contributed by atoms with Gasteiger partial charge in [0.15, 0.2) is 6.10 Å². The van der Waals surface area contributed by atoms with Gasteiger partial charge < -0.3 is 14.6 Å². The van der Waals surface area contributed by atoms with Crippen molar-refractivity contribution < 1.29 is 19.4 Å². The van der Waals surface area contributed by atoms with Crippen LogP contribution in [0.5, 0.6) is 11.5 Å². The summed E-state index contributed by atoms with van der Waals surface area (Å²) in [6.45, 7) is 3.91. The molecule has 0 saturated heterocycles. The van der Waals surface area contributed by atoms with Gasteiger partial charge in [-0.05, 0) is 38.1 Å². The van der Waals surface area contributed by atoms with Crippen LogP contribution in [0.3, 0.4) is 0 Å². The van der Waals surface area contributed by atoms with Gasteiger partial charge in [0.2, 0.25) is 0 Å². The van der Waals surface area contributed by atoms with Crippen LogP contribution in [-0.4, -0.2) is 23.8 Å². The van der Waals surface area contributed by atoms with Gasteiger partial charge >= 0.3 is 5.97 Å². The number of carbonyl (C=O) groups is 1. The molecule has 4 heteroatoms. The van der Waals surface area contributed by atoms with Crippen LogP contribution >= 0.6 is 0 Å². The number of phenolic OH excluding ortho intramolecular Hbond substituents is 1. The van der Waals surface area contributed by atoms with Crippen molar-refractivity contribution in [2.24, 2.45) is 0 Å². The largest absolute Gasteiger partial charge is 0.508 e. The molecule has 1 rings (SSSR count). The Balaban J connectivity index is 2.54. The zero-order chi connectivity index (χ0) is 11.3. The molecule has 15 heavy (non-hydrogen) atoms. The first-order valence-electron chi connectivity index (χ1n) is 4.75. The van der Waals surface area contributed by atoms with E-state index in [1.165, 1.54) is 24.3 Å². The van der Waals surface area contributed by atoms with E-state index < -0.39 is 12.1 Å². The molecule has 0 bridgehead atoms. The molecule has 0 unspecified atom stereocenters. The van der Waals surface area contributed by atoms with E-state index in [2.05, 4.69) is 0 Å². The van der Waals surface area contributed by atoms with Crippen LogP contribution in [0.25, 0.3) is 0 Å². The lowest BCUT2D eigenvalue weighted by Gasteiger charge is -2.10. The number of hydrogen-bond donors (Lipinski definition) is 1. The van der Waals surface area contributed by atoms with Crippen LogP contribution in [0.4, 0.5) is 0 Å². The van der Waals surface area contributed by atoms with E-state index >= 15 is 0 Å². The van der Waals surface area contributed by atoms with E-state index in [1.54, 1.807) is 6.92 Å². The Bertz CT molecular complexity index is 318. The fourth-order valence-electron chi connectivity index (χ4n) is 1.03. The molecule has 0 amide bonds. The molecule has 0 aromatic heterocycles. The van der Waals surface area contributed by atoms with Crippen molar-refractivity contribution in [2.45, 2.75) is 20.0 Å². The van der Waals surface area contributed by atoms with Gasteiger partial charge in [-0.2, -0.15) is 0 Å². The van der Waals surface area contributed by atoms with Gasteiger partial charge in [0.1, 0.15) is 11.5 Å². The molecular formula is C11H14O4. The zero-order valence-electron chi connectivity index (χ0n) is 8.77. The van der Waals surface area contributed by atoms with E-state index in [9.17, 15) is 4.79 Å². The zero-order valence-corrected chi connectivity index (χ0v) is 8.77. The summed E-state index contributed by atoms with van der Waals surface area (Å²) in [6, 6.07) is 5.94. The second kappa shape index (κ2) is 5.36. The van der Waals surface area contributed by atoms with Crippen LogP contribution in [0.15, 0.2) is 24.3 Å². The number of phenols is 1. The Labute approximate surface area is 88.4 Å². The average Bonchev–Trinajstić information content (AvgIpc) is 2.22. The normalized spacial score (nSPS) is 12.1. The summed E-state index contributed by atoms with van der Waals surface area (Å²) in [5.74, 6) is 0.0829. The maximum Gasteiger partial charge on any atom is 0.340 e. The van der Waals surface area contributed by atoms with Crippen molar-refractivity contribution in [3.8, 4) is 11.5 Å². The van der Waals surface area contributed by atoms with Crippen LogP contribution in [0, 0.1) is 0 Å². The number of hydrogen-bond acceptors (Lipinski definition) is 4. The van der Waals surface area contributed by atoms with Crippen molar-refractivity contribution in [1.82, 2.24) is 0 Å². The Hall–Kier alpha value is -1.55. The molecule has 1 N–H and O–H groups in total. The third kappa shape index (κ3) is 3.59. The minimum Gasteiger partial charge on any atom is -0.508 e. The number of carbonyl (C=O) groups excluding carboxylic acids is 1. The first-order chi connectivity index (χ1) is 7.13. The maximum atomic E-state index is 11.4. The lowest BCUT2D eigenvalue weighted by Crippen LogP contribution is -2.25. The van der Waals surface area contributed by atoms with Crippen molar-refractivity contribution in [3.63, 3.8) is 0 Å².